The third-order valence-electron chi connectivity index (χ3n) is 1.41. The summed E-state index contributed by atoms with van der Waals surface area (Å²) in [6, 6.07) is 5.30. The van der Waals surface area contributed by atoms with E-state index in [9.17, 15) is 4.79 Å². The number of rotatable bonds is 2. The lowest BCUT2D eigenvalue weighted by Gasteiger charge is -2.04. The van der Waals surface area contributed by atoms with Gasteiger partial charge in [-0.3, -0.25) is 4.79 Å². The molecule has 0 aliphatic heterocycles. The highest BCUT2D eigenvalue weighted by molar-refractivity contribution is 14.1. The van der Waals surface area contributed by atoms with E-state index < -0.39 is 0 Å². The summed E-state index contributed by atoms with van der Waals surface area (Å²) in [6.45, 7) is 1.74. The molecule has 13 heavy (non-hydrogen) atoms. The number of esters is 1. The third-order valence-corrected chi connectivity index (χ3v) is 2.39. The Kier molecular flexibility index (Phi) is 3.99. The minimum Gasteiger partial charge on any atom is -0.425 e. The molecule has 0 amide bonds. The molecule has 0 N–H and O–H groups in total. The zero-order valence-corrected chi connectivity index (χ0v) is 9.93. The van der Waals surface area contributed by atoms with Crippen LogP contribution >= 0.6 is 34.2 Å². The fraction of sp³-hybridized carbons (Fsp3) is 0.222. The SMILES string of the molecule is CCC(=O)Oc1cc(I)ccc1Cl. The number of carbonyl (C=O) groups excluding carboxylic acids is 1. The first-order valence-electron chi connectivity index (χ1n) is 3.79. The van der Waals surface area contributed by atoms with Gasteiger partial charge in [0.25, 0.3) is 0 Å². The first kappa shape index (κ1) is 10.8. The fourth-order valence-electron chi connectivity index (χ4n) is 0.750. The van der Waals surface area contributed by atoms with E-state index in [2.05, 4.69) is 22.6 Å². The summed E-state index contributed by atoms with van der Waals surface area (Å²) < 4.78 is 5.99. The van der Waals surface area contributed by atoms with Crippen LogP contribution in [0.3, 0.4) is 0 Å². The second-order valence-corrected chi connectivity index (χ2v) is 4.06. The van der Waals surface area contributed by atoms with E-state index in [0.717, 1.165) is 3.57 Å². The van der Waals surface area contributed by atoms with Gasteiger partial charge in [0.2, 0.25) is 0 Å². The van der Waals surface area contributed by atoms with Gasteiger partial charge in [0.15, 0.2) is 0 Å². The molecule has 0 aromatic heterocycles. The van der Waals surface area contributed by atoms with Crippen LogP contribution < -0.4 is 4.74 Å². The van der Waals surface area contributed by atoms with Crippen molar-refractivity contribution in [1.29, 1.82) is 0 Å². The molecule has 0 unspecified atom stereocenters. The number of hydrogen-bond donors (Lipinski definition) is 0. The predicted molar refractivity (Wildman–Crippen MR) is 60.1 cm³/mol. The molecule has 70 valence electrons. The van der Waals surface area contributed by atoms with E-state index in [-0.39, 0.29) is 5.97 Å². The van der Waals surface area contributed by atoms with Gasteiger partial charge in [-0.05, 0) is 40.8 Å². The van der Waals surface area contributed by atoms with Crippen LogP contribution in [0, 0.1) is 3.57 Å². The van der Waals surface area contributed by atoms with Gasteiger partial charge >= 0.3 is 5.97 Å². The molecule has 2 nitrogen and oxygen atoms in total. The zero-order chi connectivity index (χ0) is 9.84. The molecule has 4 heteroatoms. The Labute approximate surface area is 95.4 Å². The summed E-state index contributed by atoms with van der Waals surface area (Å²) in [6.07, 6.45) is 0.349. The quantitative estimate of drug-likeness (QED) is 0.476. The highest BCUT2D eigenvalue weighted by Gasteiger charge is 2.06. The minimum atomic E-state index is -0.274. The number of ether oxygens (including phenoxy) is 1. The summed E-state index contributed by atoms with van der Waals surface area (Å²) in [5.41, 5.74) is 0. The van der Waals surface area contributed by atoms with Gasteiger partial charge < -0.3 is 4.74 Å². The lowest BCUT2D eigenvalue weighted by Crippen LogP contribution is -2.05. The minimum absolute atomic E-state index is 0.274. The van der Waals surface area contributed by atoms with E-state index in [1.165, 1.54) is 0 Å². The summed E-state index contributed by atoms with van der Waals surface area (Å²) in [4.78, 5) is 11.0. The molecule has 0 spiro atoms. The largest absolute Gasteiger partial charge is 0.425 e. The molecule has 0 saturated carbocycles. The molecule has 0 radical (unpaired) electrons. The summed E-state index contributed by atoms with van der Waals surface area (Å²) in [5.74, 6) is 0.157. The van der Waals surface area contributed by atoms with Gasteiger partial charge in [0, 0.05) is 9.99 Å². The Morgan fingerprint density at radius 3 is 2.92 bits per heavy atom. The average molecular weight is 311 g/mol. The van der Waals surface area contributed by atoms with Gasteiger partial charge in [0.05, 0.1) is 5.02 Å². The second kappa shape index (κ2) is 4.81. The maximum atomic E-state index is 11.0. The molecule has 0 bridgehead atoms. The van der Waals surface area contributed by atoms with Crippen LogP contribution in [-0.2, 0) is 4.79 Å². The Morgan fingerprint density at radius 2 is 2.31 bits per heavy atom. The van der Waals surface area contributed by atoms with Crippen LogP contribution in [0.1, 0.15) is 13.3 Å². The molecule has 0 aliphatic carbocycles. The van der Waals surface area contributed by atoms with E-state index >= 15 is 0 Å². The van der Waals surface area contributed by atoms with Gasteiger partial charge in [-0.2, -0.15) is 0 Å². The van der Waals surface area contributed by atoms with Crippen molar-refractivity contribution in [1.82, 2.24) is 0 Å². The Balaban J connectivity index is 2.87. The van der Waals surface area contributed by atoms with Crippen LogP contribution in [0.4, 0.5) is 0 Å². The monoisotopic (exact) mass is 310 g/mol. The zero-order valence-electron chi connectivity index (χ0n) is 7.01. The van der Waals surface area contributed by atoms with E-state index in [1.807, 2.05) is 6.07 Å². The molecule has 0 fully saturated rings. The van der Waals surface area contributed by atoms with Crippen LogP contribution in [0.15, 0.2) is 18.2 Å². The average Bonchev–Trinajstić information content (AvgIpc) is 2.11. The fourth-order valence-corrected chi connectivity index (χ4v) is 1.37. The Bertz CT molecular complexity index is 325. The molecule has 0 saturated heterocycles. The summed E-state index contributed by atoms with van der Waals surface area (Å²) in [7, 11) is 0. The van der Waals surface area contributed by atoms with Gasteiger partial charge in [-0.25, -0.2) is 0 Å². The van der Waals surface area contributed by atoms with Crippen LogP contribution in [0.5, 0.6) is 5.75 Å². The predicted octanol–water partition coefficient (Wildman–Crippen LogP) is 3.26. The number of hydrogen-bond acceptors (Lipinski definition) is 2. The lowest BCUT2D eigenvalue weighted by molar-refractivity contribution is -0.134. The number of halogens is 2. The van der Waals surface area contributed by atoms with Crippen molar-refractivity contribution >= 4 is 40.2 Å². The molecular formula is C9H8ClIO2. The molecule has 1 aromatic rings. The van der Waals surface area contributed by atoms with E-state index in [1.54, 1.807) is 19.1 Å². The number of benzene rings is 1. The van der Waals surface area contributed by atoms with Crippen molar-refractivity contribution in [3.05, 3.63) is 26.8 Å². The van der Waals surface area contributed by atoms with Crippen molar-refractivity contribution in [2.45, 2.75) is 13.3 Å². The first-order valence-corrected chi connectivity index (χ1v) is 5.25. The van der Waals surface area contributed by atoms with Crippen molar-refractivity contribution < 1.29 is 9.53 Å². The summed E-state index contributed by atoms with van der Waals surface area (Å²) in [5, 5.41) is 0.460. The van der Waals surface area contributed by atoms with Gasteiger partial charge in [0.1, 0.15) is 5.75 Å². The van der Waals surface area contributed by atoms with Gasteiger partial charge in [-0.15, -0.1) is 0 Å². The highest BCUT2D eigenvalue weighted by atomic mass is 127. The van der Waals surface area contributed by atoms with Crippen molar-refractivity contribution in [3.63, 3.8) is 0 Å². The van der Waals surface area contributed by atoms with E-state index in [4.69, 9.17) is 16.3 Å². The van der Waals surface area contributed by atoms with Crippen LogP contribution in [-0.4, -0.2) is 5.97 Å². The summed E-state index contributed by atoms with van der Waals surface area (Å²) >= 11 is 7.95. The van der Waals surface area contributed by atoms with Crippen molar-refractivity contribution in [2.24, 2.45) is 0 Å². The lowest BCUT2D eigenvalue weighted by atomic mass is 10.3. The Hall–Kier alpha value is -0.290. The highest BCUT2D eigenvalue weighted by Crippen LogP contribution is 2.26. The van der Waals surface area contributed by atoms with Crippen LogP contribution in [0.2, 0.25) is 5.02 Å². The van der Waals surface area contributed by atoms with Gasteiger partial charge in [-0.1, -0.05) is 18.5 Å². The number of carbonyl (C=O) groups is 1. The topological polar surface area (TPSA) is 26.3 Å². The molecule has 0 atom stereocenters. The van der Waals surface area contributed by atoms with Crippen molar-refractivity contribution in [2.75, 3.05) is 0 Å². The maximum absolute atomic E-state index is 11.0. The molecule has 1 aromatic carbocycles. The van der Waals surface area contributed by atoms with Crippen molar-refractivity contribution in [3.8, 4) is 5.75 Å². The standard InChI is InChI=1S/C9H8ClIO2/c1-2-9(12)13-8-5-6(11)3-4-7(8)10/h3-5H,2H2,1H3. The first-order chi connectivity index (χ1) is 6.13. The smallest absolute Gasteiger partial charge is 0.310 e. The molecule has 0 aliphatic rings. The third kappa shape index (κ3) is 3.15. The Morgan fingerprint density at radius 1 is 1.62 bits per heavy atom. The van der Waals surface area contributed by atoms with E-state index in [0.29, 0.717) is 17.2 Å². The normalized spacial score (nSPS) is 9.77. The maximum Gasteiger partial charge on any atom is 0.310 e. The second-order valence-electron chi connectivity index (χ2n) is 2.40. The molecular weight excluding hydrogens is 302 g/mol. The molecule has 0 heterocycles. The van der Waals surface area contributed by atoms with Crippen LogP contribution in [0.25, 0.3) is 0 Å². The molecule has 1 rings (SSSR count).